The van der Waals surface area contributed by atoms with Crippen molar-refractivity contribution in [3.05, 3.63) is 28.3 Å². The summed E-state index contributed by atoms with van der Waals surface area (Å²) in [5.74, 6) is 0. The van der Waals surface area contributed by atoms with Crippen LogP contribution in [0, 0.1) is 10.1 Å². The molecular weight excluding hydrogens is 402 g/mol. The Labute approximate surface area is 169 Å². The molecule has 0 radical (unpaired) electrons. The van der Waals surface area contributed by atoms with E-state index in [4.69, 9.17) is 4.74 Å². The molecule has 3 rings (SSSR count). The van der Waals surface area contributed by atoms with E-state index in [1.165, 1.54) is 16.4 Å². The van der Waals surface area contributed by atoms with Gasteiger partial charge in [-0.3, -0.25) is 10.1 Å². The molecule has 2 aliphatic rings. The number of nitro benzene ring substituents is 1. The van der Waals surface area contributed by atoms with Gasteiger partial charge < -0.3 is 19.9 Å². The molecular formula is C17H25N5O6S. The van der Waals surface area contributed by atoms with Crippen molar-refractivity contribution in [3.8, 4) is 0 Å². The summed E-state index contributed by atoms with van der Waals surface area (Å²) >= 11 is 0. The van der Waals surface area contributed by atoms with Gasteiger partial charge in [0.2, 0.25) is 10.0 Å². The second kappa shape index (κ2) is 8.93. The third kappa shape index (κ3) is 4.60. The third-order valence-electron chi connectivity index (χ3n) is 4.99. The molecule has 11 nitrogen and oxygen atoms in total. The summed E-state index contributed by atoms with van der Waals surface area (Å²) in [4.78, 5) is 26.4. The van der Waals surface area contributed by atoms with E-state index in [9.17, 15) is 23.3 Å². The number of carbonyl (C=O) groups is 1. The lowest BCUT2D eigenvalue weighted by atomic mass is 10.2. The van der Waals surface area contributed by atoms with Crippen LogP contribution in [-0.4, -0.2) is 87.6 Å². The number of hydrogen-bond acceptors (Lipinski definition) is 7. The number of anilines is 1. The van der Waals surface area contributed by atoms with Crippen molar-refractivity contribution in [2.45, 2.75) is 11.8 Å². The van der Waals surface area contributed by atoms with Crippen molar-refractivity contribution >= 4 is 27.4 Å². The van der Waals surface area contributed by atoms with Crippen LogP contribution in [0.1, 0.15) is 6.92 Å². The Morgan fingerprint density at radius 2 is 1.83 bits per heavy atom. The van der Waals surface area contributed by atoms with Crippen molar-refractivity contribution in [3.63, 3.8) is 0 Å². The van der Waals surface area contributed by atoms with Crippen molar-refractivity contribution in [1.82, 2.24) is 14.5 Å². The van der Waals surface area contributed by atoms with Crippen LogP contribution in [0.4, 0.5) is 16.2 Å². The van der Waals surface area contributed by atoms with Crippen LogP contribution in [0.15, 0.2) is 23.1 Å². The van der Waals surface area contributed by atoms with Gasteiger partial charge in [0, 0.05) is 51.9 Å². The summed E-state index contributed by atoms with van der Waals surface area (Å²) in [6.45, 7) is 5.12. The lowest BCUT2D eigenvalue weighted by molar-refractivity contribution is -0.384. The van der Waals surface area contributed by atoms with Gasteiger partial charge in [-0.25, -0.2) is 13.2 Å². The summed E-state index contributed by atoms with van der Waals surface area (Å²) in [6.07, 6.45) is 0. The maximum Gasteiger partial charge on any atom is 0.317 e. The number of nitrogens with one attached hydrogen (secondary N) is 1. The van der Waals surface area contributed by atoms with E-state index >= 15 is 0 Å². The molecule has 160 valence electrons. The number of amides is 2. The average molecular weight is 427 g/mol. The second-order valence-electron chi connectivity index (χ2n) is 6.73. The number of ether oxygens (including phenoxy) is 1. The van der Waals surface area contributed by atoms with Crippen molar-refractivity contribution in [2.24, 2.45) is 0 Å². The van der Waals surface area contributed by atoms with Gasteiger partial charge in [0.1, 0.15) is 5.69 Å². The molecule has 29 heavy (non-hydrogen) atoms. The molecule has 1 aromatic carbocycles. The van der Waals surface area contributed by atoms with Gasteiger partial charge in [-0.2, -0.15) is 4.31 Å². The van der Waals surface area contributed by atoms with Crippen LogP contribution in [0.3, 0.4) is 0 Å². The zero-order chi connectivity index (χ0) is 21.0. The lowest BCUT2D eigenvalue weighted by Crippen LogP contribution is -2.52. The number of nitrogens with zero attached hydrogens (tertiary/aromatic N) is 4. The van der Waals surface area contributed by atoms with Crippen LogP contribution < -0.4 is 10.2 Å². The van der Waals surface area contributed by atoms with E-state index in [-0.39, 0.29) is 29.7 Å². The number of hydrogen-bond donors (Lipinski definition) is 1. The average Bonchev–Trinajstić information content (AvgIpc) is 2.74. The molecule has 0 bridgehead atoms. The number of rotatable bonds is 5. The van der Waals surface area contributed by atoms with Crippen molar-refractivity contribution in [1.29, 1.82) is 0 Å². The quantitative estimate of drug-likeness (QED) is 0.535. The number of piperazine rings is 1. The molecule has 1 N–H and O–H groups in total. The molecule has 2 saturated heterocycles. The number of sulfonamides is 1. The third-order valence-corrected chi connectivity index (χ3v) is 6.88. The molecule has 1 aromatic rings. The molecule has 2 aliphatic heterocycles. The van der Waals surface area contributed by atoms with Crippen LogP contribution >= 0.6 is 0 Å². The van der Waals surface area contributed by atoms with Gasteiger partial charge in [0.25, 0.3) is 5.69 Å². The molecule has 0 unspecified atom stereocenters. The van der Waals surface area contributed by atoms with Gasteiger partial charge in [-0.15, -0.1) is 0 Å². The second-order valence-corrected chi connectivity index (χ2v) is 8.67. The smallest absolute Gasteiger partial charge is 0.317 e. The van der Waals surface area contributed by atoms with E-state index < -0.39 is 14.9 Å². The van der Waals surface area contributed by atoms with E-state index in [0.717, 1.165) is 6.07 Å². The summed E-state index contributed by atoms with van der Waals surface area (Å²) < 4.78 is 32.1. The fraction of sp³-hybridized carbons (Fsp3) is 0.588. The molecule has 2 heterocycles. The van der Waals surface area contributed by atoms with E-state index in [1.807, 2.05) is 6.92 Å². The predicted molar refractivity (Wildman–Crippen MR) is 106 cm³/mol. The number of nitro groups is 1. The minimum Gasteiger partial charge on any atom is -0.379 e. The fourth-order valence-electron chi connectivity index (χ4n) is 3.43. The SMILES string of the molecule is CCNC(=O)N1CCN(c2ccc(S(=O)(=O)N3CCOCC3)cc2[N+](=O)[O-])CC1. The molecule has 2 fully saturated rings. The topological polar surface area (TPSA) is 125 Å². The van der Waals surface area contributed by atoms with E-state index in [2.05, 4.69) is 5.32 Å². The molecule has 0 spiro atoms. The zero-order valence-electron chi connectivity index (χ0n) is 16.2. The number of urea groups is 1. The largest absolute Gasteiger partial charge is 0.379 e. The minimum absolute atomic E-state index is 0.101. The highest BCUT2D eigenvalue weighted by Gasteiger charge is 2.31. The van der Waals surface area contributed by atoms with Crippen LogP contribution in [-0.2, 0) is 14.8 Å². The van der Waals surface area contributed by atoms with Gasteiger partial charge in [0.05, 0.1) is 23.0 Å². The predicted octanol–water partition coefficient (Wildman–Crippen LogP) is 0.467. The summed E-state index contributed by atoms with van der Waals surface area (Å²) in [6, 6.07) is 3.85. The maximum absolute atomic E-state index is 12.8. The van der Waals surface area contributed by atoms with Gasteiger partial charge >= 0.3 is 6.03 Å². The van der Waals surface area contributed by atoms with Crippen molar-refractivity contribution in [2.75, 3.05) is 63.9 Å². The first-order valence-corrected chi connectivity index (χ1v) is 10.9. The Kier molecular flexibility index (Phi) is 6.55. The zero-order valence-corrected chi connectivity index (χ0v) is 17.1. The standard InChI is InChI=1S/C17H25N5O6S/c1-2-18-17(23)20-7-5-19(6-8-20)15-4-3-14(13-16(15)22(24)25)29(26,27)21-9-11-28-12-10-21/h3-4,13H,2,5-12H2,1H3,(H,18,23). The number of morpholine rings is 1. The molecule has 2 amide bonds. The fourth-order valence-corrected chi connectivity index (χ4v) is 4.86. The summed E-state index contributed by atoms with van der Waals surface area (Å²) in [5.41, 5.74) is 0.0947. The Hall–Kier alpha value is -2.44. The van der Waals surface area contributed by atoms with Gasteiger partial charge in [-0.05, 0) is 19.1 Å². The molecule has 0 atom stereocenters. The highest BCUT2D eigenvalue weighted by Crippen LogP contribution is 2.32. The monoisotopic (exact) mass is 427 g/mol. The molecule has 0 aromatic heterocycles. The van der Waals surface area contributed by atoms with Gasteiger partial charge in [-0.1, -0.05) is 0 Å². The number of carbonyl (C=O) groups excluding carboxylic acids is 1. The van der Waals surface area contributed by atoms with Gasteiger partial charge in [0.15, 0.2) is 0 Å². The Bertz CT molecular complexity index is 863. The van der Waals surface area contributed by atoms with E-state index in [1.54, 1.807) is 9.80 Å². The lowest BCUT2D eigenvalue weighted by Gasteiger charge is -2.35. The Morgan fingerprint density at radius 3 is 2.41 bits per heavy atom. The number of benzene rings is 1. The minimum atomic E-state index is -3.82. The summed E-state index contributed by atoms with van der Waals surface area (Å²) in [5, 5.41) is 14.4. The first-order valence-electron chi connectivity index (χ1n) is 9.48. The highest BCUT2D eigenvalue weighted by atomic mass is 32.2. The molecule has 12 heteroatoms. The highest BCUT2D eigenvalue weighted by molar-refractivity contribution is 7.89. The van der Waals surface area contributed by atoms with Crippen LogP contribution in [0.5, 0.6) is 0 Å². The van der Waals surface area contributed by atoms with E-state index in [0.29, 0.717) is 51.6 Å². The van der Waals surface area contributed by atoms with Crippen LogP contribution in [0.2, 0.25) is 0 Å². The first-order chi connectivity index (χ1) is 13.8. The molecule has 0 aliphatic carbocycles. The first kappa shape index (κ1) is 21.3. The summed E-state index contributed by atoms with van der Waals surface area (Å²) in [7, 11) is -3.82. The van der Waals surface area contributed by atoms with Crippen LogP contribution in [0.25, 0.3) is 0 Å². The normalized spacial score (nSPS) is 18.5. The Balaban J connectivity index is 1.81. The maximum atomic E-state index is 12.8. The Morgan fingerprint density at radius 1 is 1.17 bits per heavy atom. The van der Waals surface area contributed by atoms with Crippen molar-refractivity contribution < 1.29 is 22.9 Å². The molecule has 0 saturated carbocycles.